The van der Waals surface area contributed by atoms with Gasteiger partial charge in [0.15, 0.2) is 0 Å². The van der Waals surface area contributed by atoms with Crippen LogP contribution < -0.4 is 9.80 Å². The van der Waals surface area contributed by atoms with Crippen molar-refractivity contribution in [2.75, 3.05) is 38.0 Å². The maximum Gasteiger partial charge on any atom is 0.0361 e. The zero-order valence-electron chi connectivity index (χ0n) is 17.9. The molecule has 0 saturated heterocycles. The van der Waals surface area contributed by atoms with Crippen LogP contribution in [0.15, 0.2) is 48.5 Å². The molecular weight excluding hydrogens is 316 g/mol. The molecule has 0 fully saturated rings. The molecule has 0 radical (unpaired) electrons. The van der Waals surface area contributed by atoms with Gasteiger partial charge in [-0.05, 0) is 48.2 Å². The lowest BCUT2D eigenvalue weighted by molar-refractivity contribution is 0.235. The number of hydrogen-bond acceptors (Lipinski definition) is 2. The second-order valence-electron chi connectivity index (χ2n) is 8.25. The van der Waals surface area contributed by atoms with Crippen molar-refractivity contribution in [3.8, 4) is 0 Å². The van der Waals surface area contributed by atoms with E-state index < -0.39 is 0 Å². The second kappa shape index (κ2) is 7.73. The molecule has 0 N–H and O–H groups in total. The van der Waals surface area contributed by atoms with E-state index >= 15 is 0 Å². The third kappa shape index (κ3) is 3.47. The molecular formula is C24H36N2. The van der Waals surface area contributed by atoms with E-state index in [1.165, 1.54) is 22.5 Å². The average molecular weight is 353 g/mol. The van der Waals surface area contributed by atoms with E-state index in [9.17, 15) is 0 Å². The van der Waals surface area contributed by atoms with E-state index in [1.807, 2.05) is 0 Å². The van der Waals surface area contributed by atoms with Gasteiger partial charge in [0, 0.05) is 50.4 Å². The summed E-state index contributed by atoms with van der Waals surface area (Å²) >= 11 is 0. The van der Waals surface area contributed by atoms with Crippen LogP contribution in [-0.2, 0) is 10.8 Å². The van der Waals surface area contributed by atoms with E-state index in [4.69, 9.17) is 0 Å². The SMILES string of the molecule is CCC(C)(c1ccc(N(C)C)cc1)C(C)(CC)c1ccc(N(C)C)cc1. The lowest BCUT2D eigenvalue weighted by Crippen LogP contribution is -2.44. The highest BCUT2D eigenvalue weighted by Crippen LogP contribution is 2.49. The van der Waals surface area contributed by atoms with E-state index in [0.29, 0.717) is 0 Å². The smallest absolute Gasteiger partial charge is 0.0361 e. The molecule has 2 unspecified atom stereocenters. The van der Waals surface area contributed by atoms with Crippen molar-refractivity contribution in [3.05, 3.63) is 59.7 Å². The topological polar surface area (TPSA) is 6.48 Å². The van der Waals surface area contributed by atoms with Crippen LogP contribution in [-0.4, -0.2) is 28.2 Å². The first-order valence-corrected chi connectivity index (χ1v) is 9.75. The summed E-state index contributed by atoms with van der Waals surface area (Å²) in [6.07, 6.45) is 2.21. The first kappa shape index (κ1) is 20.4. The zero-order valence-corrected chi connectivity index (χ0v) is 17.9. The van der Waals surface area contributed by atoms with Crippen molar-refractivity contribution >= 4 is 11.4 Å². The molecule has 0 bridgehead atoms. The van der Waals surface area contributed by atoms with Gasteiger partial charge >= 0.3 is 0 Å². The number of hydrogen-bond donors (Lipinski definition) is 0. The largest absolute Gasteiger partial charge is 0.378 e. The molecule has 0 amide bonds. The van der Waals surface area contributed by atoms with E-state index in [1.54, 1.807) is 0 Å². The van der Waals surface area contributed by atoms with Crippen LogP contribution in [0.2, 0.25) is 0 Å². The fraction of sp³-hybridized carbons (Fsp3) is 0.500. The van der Waals surface area contributed by atoms with E-state index in [2.05, 4.69) is 114 Å². The lowest BCUT2D eigenvalue weighted by Gasteiger charge is -2.47. The molecule has 2 rings (SSSR count). The van der Waals surface area contributed by atoms with Crippen LogP contribution in [0, 0.1) is 0 Å². The summed E-state index contributed by atoms with van der Waals surface area (Å²) in [5.74, 6) is 0. The van der Waals surface area contributed by atoms with Crippen LogP contribution in [0.25, 0.3) is 0 Å². The molecule has 2 aromatic rings. The summed E-state index contributed by atoms with van der Waals surface area (Å²) in [7, 11) is 8.37. The molecule has 0 aliphatic heterocycles. The Labute approximate surface area is 160 Å². The quantitative estimate of drug-likeness (QED) is 0.616. The van der Waals surface area contributed by atoms with E-state index in [-0.39, 0.29) is 10.8 Å². The summed E-state index contributed by atoms with van der Waals surface area (Å²) in [5, 5.41) is 0. The van der Waals surface area contributed by atoms with Crippen LogP contribution in [0.1, 0.15) is 51.7 Å². The van der Waals surface area contributed by atoms with Gasteiger partial charge in [-0.15, -0.1) is 0 Å². The Hall–Kier alpha value is -1.96. The maximum absolute atomic E-state index is 2.43. The Bertz CT molecular complexity index is 636. The molecule has 26 heavy (non-hydrogen) atoms. The molecule has 2 heteroatoms. The molecule has 0 heterocycles. The van der Waals surface area contributed by atoms with Crippen molar-refractivity contribution in [1.82, 2.24) is 0 Å². The molecule has 2 aromatic carbocycles. The highest BCUT2D eigenvalue weighted by atomic mass is 15.1. The Morgan fingerprint density at radius 3 is 1.04 bits per heavy atom. The summed E-state index contributed by atoms with van der Waals surface area (Å²) in [4.78, 5) is 4.32. The first-order valence-electron chi connectivity index (χ1n) is 9.75. The Morgan fingerprint density at radius 2 is 0.846 bits per heavy atom. The molecule has 0 saturated carbocycles. The highest BCUT2D eigenvalue weighted by Gasteiger charge is 2.44. The van der Waals surface area contributed by atoms with Gasteiger partial charge in [-0.25, -0.2) is 0 Å². The predicted octanol–water partition coefficient (Wildman–Crippen LogP) is 5.85. The number of anilines is 2. The number of rotatable bonds is 7. The van der Waals surface area contributed by atoms with Crippen molar-refractivity contribution in [3.63, 3.8) is 0 Å². The minimum Gasteiger partial charge on any atom is -0.378 e. The Balaban J connectivity index is 2.51. The van der Waals surface area contributed by atoms with Crippen molar-refractivity contribution in [2.45, 2.75) is 51.4 Å². The fourth-order valence-corrected chi connectivity index (χ4v) is 4.08. The summed E-state index contributed by atoms with van der Waals surface area (Å²) in [6, 6.07) is 18.3. The summed E-state index contributed by atoms with van der Waals surface area (Å²) < 4.78 is 0. The van der Waals surface area contributed by atoms with Crippen LogP contribution in [0.3, 0.4) is 0 Å². The zero-order chi connectivity index (χ0) is 19.5. The standard InChI is InChI=1S/C24H36N2/c1-9-23(3,19-11-15-21(16-12-19)25(5)6)24(4,10-2)20-13-17-22(18-14-20)26(7)8/h11-18H,9-10H2,1-8H3. The highest BCUT2D eigenvalue weighted by molar-refractivity contribution is 5.51. The molecule has 0 aliphatic rings. The Morgan fingerprint density at radius 1 is 0.577 bits per heavy atom. The third-order valence-electron chi connectivity index (χ3n) is 6.67. The monoisotopic (exact) mass is 352 g/mol. The van der Waals surface area contributed by atoms with Crippen LogP contribution in [0.4, 0.5) is 11.4 Å². The molecule has 0 aliphatic carbocycles. The first-order chi connectivity index (χ1) is 12.2. The van der Waals surface area contributed by atoms with Crippen molar-refractivity contribution in [1.29, 1.82) is 0 Å². The van der Waals surface area contributed by atoms with Gasteiger partial charge in [-0.1, -0.05) is 52.0 Å². The second-order valence-corrected chi connectivity index (χ2v) is 8.25. The molecule has 2 nitrogen and oxygen atoms in total. The fourth-order valence-electron chi connectivity index (χ4n) is 4.08. The van der Waals surface area contributed by atoms with Gasteiger partial charge in [-0.3, -0.25) is 0 Å². The van der Waals surface area contributed by atoms with Crippen molar-refractivity contribution < 1.29 is 0 Å². The third-order valence-corrected chi connectivity index (χ3v) is 6.67. The van der Waals surface area contributed by atoms with Gasteiger partial charge in [0.1, 0.15) is 0 Å². The average Bonchev–Trinajstić information content (AvgIpc) is 2.66. The lowest BCUT2D eigenvalue weighted by atomic mass is 9.56. The van der Waals surface area contributed by atoms with Gasteiger partial charge in [0.25, 0.3) is 0 Å². The molecule has 0 spiro atoms. The van der Waals surface area contributed by atoms with Crippen LogP contribution in [0.5, 0.6) is 0 Å². The molecule has 0 aromatic heterocycles. The number of nitrogens with zero attached hydrogens (tertiary/aromatic N) is 2. The minimum absolute atomic E-state index is 0.0756. The number of benzene rings is 2. The normalized spacial score (nSPS) is 15.8. The van der Waals surface area contributed by atoms with Gasteiger partial charge in [0.2, 0.25) is 0 Å². The summed E-state index contributed by atoms with van der Waals surface area (Å²) in [6.45, 7) is 9.51. The maximum atomic E-state index is 2.43. The predicted molar refractivity (Wildman–Crippen MR) is 117 cm³/mol. The van der Waals surface area contributed by atoms with Gasteiger partial charge in [-0.2, -0.15) is 0 Å². The van der Waals surface area contributed by atoms with Crippen molar-refractivity contribution in [2.24, 2.45) is 0 Å². The van der Waals surface area contributed by atoms with Gasteiger partial charge < -0.3 is 9.80 Å². The van der Waals surface area contributed by atoms with E-state index in [0.717, 1.165) is 12.8 Å². The van der Waals surface area contributed by atoms with Gasteiger partial charge in [0.05, 0.1) is 0 Å². The molecule has 2 atom stereocenters. The van der Waals surface area contributed by atoms with Crippen LogP contribution >= 0.6 is 0 Å². The summed E-state index contributed by atoms with van der Waals surface area (Å²) in [5.41, 5.74) is 5.50. The Kier molecular flexibility index (Phi) is 6.05. The molecule has 142 valence electrons. The minimum atomic E-state index is 0.0756.